The van der Waals surface area contributed by atoms with Crippen molar-refractivity contribution in [2.45, 2.75) is 48.5 Å². The first-order valence-electron chi connectivity index (χ1n) is 7.82. The van der Waals surface area contributed by atoms with E-state index in [1.807, 2.05) is 0 Å². The summed E-state index contributed by atoms with van der Waals surface area (Å²) < 4.78 is 69.0. The summed E-state index contributed by atoms with van der Waals surface area (Å²) in [7, 11) is -2.12. The van der Waals surface area contributed by atoms with Crippen LogP contribution in [0.5, 0.6) is 0 Å². The Morgan fingerprint density at radius 2 is 1.92 bits per heavy atom. The zero-order chi connectivity index (χ0) is 18.2. The average Bonchev–Trinajstić information content (AvgIpc) is 3.23. The molecule has 1 saturated carbocycles. The molecule has 0 aliphatic heterocycles. The molecular weight excluding hydrogens is 377 g/mol. The topological polar surface area (TPSA) is 63.4 Å². The fourth-order valence-electron chi connectivity index (χ4n) is 2.90. The maximum Gasteiger partial charge on any atom is 0.452 e. The van der Waals surface area contributed by atoms with Gasteiger partial charge in [-0.15, -0.1) is 11.3 Å². The second-order valence-corrected chi connectivity index (χ2v) is 9.31. The predicted molar refractivity (Wildman–Crippen MR) is 86.6 cm³/mol. The number of sulfonamides is 1. The van der Waals surface area contributed by atoms with Gasteiger partial charge in [0.1, 0.15) is 9.90 Å². The highest BCUT2D eigenvalue weighted by Crippen LogP contribution is 2.36. The number of hydrogen-bond donors (Lipinski definition) is 0. The minimum absolute atomic E-state index is 0.0286. The van der Waals surface area contributed by atoms with Crippen LogP contribution in [-0.4, -0.2) is 31.0 Å². The Morgan fingerprint density at radius 3 is 2.52 bits per heavy atom. The van der Waals surface area contributed by atoms with Crippen LogP contribution in [0.25, 0.3) is 10.6 Å². The summed E-state index contributed by atoms with van der Waals surface area (Å²) in [5.74, 6) is -1.21. The highest BCUT2D eigenvalue weighted by atomic mass is 32.2. The lowest BCUT2D eigenvalue weighted by molar-refractivity contribution is -0.155. The third kappa shape index (κ3) is 3.75. The summed E-state index contributed by atoms with van der Waals surface area (Å²) in [6, 6.07) is 3.58. The Hall–Kier alpha value is -1.39. The Bertz CT molecular complexity index is 836. The Balaban J connectivity index is 1.83. The molecule has 5 nitrogen and oxygen atoms in total. The van der Waals surface area contributed by atoms with Crippen LogP contribution in [0.3, 0.4) is 0 Å². The minimum atomic E-state index is -4.63. The van der Waals surface area contributed by atoms with Gasteiger partial charge in [0, 0.05) is 19.2 Å². The van der Waals surface area contributed by atoms with Crippen molar-refractivity contribution in [3.8, 4) is 10.6 Å². The first-order chi connectivity index (χ1) is 11.7. The molecule has 0 aromatic carbocycles. The Labute approximate surface area is 147 Å². The van der Waals surface area contributed by atoms with E-state index in [0.29, 0.717) is 4.88 Å². The van der Waals surface area contributed by atoms with Gasteiger partial charge in [0.2, 0.25) is 5.76 Å². The van der Waals surface area contributed by atoms with Gasteiger partial charge < -0.3 is 4.52 Å². The largest absolute Gasteiger partial charge is 0.452 e. The fraction of sp³-hybridized carbons (Fsp3) is 0.533. The molecule has 0 N–H and O–H groups in total. The Kier molecular flexibility index (Phi) is 4.95. The molecule has 2 heterocycles. The smallest absolute Gasteiger partial charge is 0.351 e. The molecule has 2 aromatic heterocycles. The van der Waals surface area contributed by atoms with Crippen molar-refractivity contribution in [1.82, 2.24) is 9.46 Å². The molecule has 25 heavy (non-hydrogen) atoms. The van der Waals surface area contributed by atoms with Gasteiger partial charge in [0.25, 0.3) is 10.0 Å². The van der Waals surface area contributed by atoms with Crippen molar-refractivity contribution in [3.63, 3.8) is 0 Å². The van der Waals surface area contributed by atoms with E-state index < -0.39 is 22.0 Å². The summed E-state index contributed by atoms with van der Waals surface area (Å²) in [6.07, 6.45) is 0.136. The molecule has 0 amide bonds. The molecule has 0 radical (unpaired) electrons. The molecule has 2 aromatic rings. The molecule has 1 aliphatic carbocycles. The van der Waals surface area contributed by atoms with Gasteiger partial charge in [0.15, 0.2) is 0 Å². The molecule has 0 unspecified atom stereocenters. The zero-order valence-corrected chi connectivity index (χ0v) is 15.0. The molecule has 138 valence electrons. The van der Waals surface area contributed by atoms with Crippen LogP contribution >= 0.6 is 11.3 Å². The lowest BCUT2D eigenvalue weighted by Crippen LogP contribution is -2.37. The number of nitrogens with zero attached hydrogens (tertiary/aromatic N) is 2. The molecule has 1 aliphatic rings. The monoisotopic (exact) mass is 394 g/mol. The lowest BCUT2D eigenvalue weighted by atomic mass is 9.96. The summed E-state index contributed by atoms with van der Waals surface area (Å²) in [6.45, 7) is 0. The van der Waals surface area contributed by atoms with E-state index in [1.165, 1.54) is 16.4 Å². The van der Waals surface area contributed by atoms with Crippen LogP contribution in [0.1, 0.15) is 37.9 Å². The van der Waals surface area contributed by atoms with Crippen molar-refractivity contribution in [3.05, 3.63) is 24.0 Å². The summed E-state index contributed by atoms with van der Waals surface area (Å²) in [4.78, 5) is 0.315. The van der Waals surface area contributed by atoms with E-state index >= 15 is 0 Å². The van der Waals surface area contributed by atoms with Crippen molar-refractivity contribution in [2.75, 3.05) is 7.05 Å². The maximum absolute atomic E-state index is 12.8. The number of hydrogen-bond acceptors (Lipinski definition) is 5. The highest BCUT2D eigenvalue weighted by molar-refractivity contribution is 7.91. The molecular formula is C15H17F3N2O3S2. The number of halogens is 3. The van der Waals surface area contributed by atoms with E-state index in [0.717, 1.165) is 49.5 Å². The second-order valence-electron chi connectivity index (χ2n) is 6.01. The Morgan fingerprint density at radius 1 is 1.24 bits per heavy atom. The normalized spacial score (nSPS) is 17.3. The molecule has 10 heteroatoms. The van der Waals surface area contributed by atoms with Crippen LogP contribution in [0, 0.1) is 0 Å². The van der Waals surface area contributed by atoms with Crippen molar-refractivity contribution in [2.24, 2.45) is 0 Å². The van der Waals surface area contributed by atoms with E-state index in [4.69, 9.17) is 0 Å². The van der Waals surface area contributed by atoms with Gasteiger partial charge in [-0.05, 0) is 25.0 Å². The van der Waals surface area contributed by atoms with Crippen molar-refractivity contribution < 1.29 is 26.1 Å². The van der Waals surface area contributed by atoms with Crippen LogP contribution in [-0.2, 0) is 16.2 Å². The van der Waals surface area contributed by atoms with Crippen LogP contribution in [0.4, 0.5) is 13.2 Å². The first kappa shape index (κ1) is 18.4. The lowest BCUT2D eigenvalue weighted by Gasteiger charge is -2.29. The highest BCUT2D eigenvalue weighted by Gasteiger charge is 2.36. The SMILES string of the molecule is CN(C1CCCCC1)S(=O)(=O)c1ccc(-c2cc(C(F)(F)F)on2)s1. The van der Waals surface area contributed by atoms with Crippen molar-refractivity contribution >= 4 is 21.4 Å². The molecule has 3 rings (SSSR count). The van der Waals surface area contributed by atoms with E-state index in [9.17, 15) is 21.6 Å². The quantitative estimate of drug-likeness (QED) is 0.772. The first-order valence-corrected chi connectivity index (χ1v) is 10.1. The number of thiophene rings is 1. The van der Waals surface area contributed by atoms with E-state index in [1.54, 1.807) is 7.05 Å². The summed E-state index contributed by atoms with van der Waals surface area (Å²) >= 11 is 0.890. The minimum Gasteiger partial charge on any atom is -0.351 e. The van der Waals surface area contributed by atoms with Gasteiger partial charge in [-0.1, -0.05) is 24.4 Å². The third-order valence-electron chi connectivity index (χ3n) is 4.35. The molecule has 0 atom stereocenters. The third-order valence-corrected chi connectivity index (χ3v) is 7.83. The van der Waals surface area contributed by atoms with Gasteiger partial charge in [0.05, 0.1) is 4.88 Å². The van der Waals surface area contributed by atoms with Crippen LogP contribution < -0.4 is 0 Å². The predicted octanol–water partition coefficient (Wildman–Crippen LogP) is 4.38. The van der Waals surface area contributed by atoms with Crippen LogP contribution in [0.15, 0.2) is 26.9 Å². The molecule has 0 saturated heterocycles. The van der Waals surface area contributed by atoms with E-state index in [-0.39, 0.29) is 15.9 Å². The standard InChI is InChI=1S/C15H17F3N2O3S2/c1-20(10-5-3-2-4-6-10)25(21,22)14-8-7-12(24-14)11-9-13(23-19-11)15(16,17)18/h7-10H,2-6H2,1H3. The average molecular weight is 394 g/mol. The fourth-order valence-corrected chi connectivity index (χ4v) is 5.76. The number of alkyl halides is 3. The number of aromatic nitrogens is 1. The maximum atomic E-state index is 12.8. The van der Waals surface area contributed by atoms with Gasteiger partial charge in [-0.3, -0.25) is 0 Å². The zero-order valence-electron chi connectivity index (χ0n) is 13.4. The summed E-state index contributed by atoms with van der Waals surface area (Å²) in [5.41, 5.74) is -0.0286. The van der Waals surface area contributed by atoms with Crippen LogP contribution in [0.2, 0.25) is 0 Å². The van der Waals surface area contributed by atoms with Gasteiger partial charge in [-0.25, -0.2) is 8.42 Å². The molecule has 1 fully saturated rings. The molecule has 0 bridgehead atoms. The number of rotatable bonds is 4. The summed E-state index contributed by atoms with van der Waals surface area (Å²) in [5, 5.41) is 3.39. The molecule has 0 spiro atoms. The van der Waals surface area contributed by atoms with Crippen molar-refractivity contribution in [1.29, 1.82) is 0 Å². The second kappa shape index (κ2) is 6.73. The van der Waals surface area contributed by atoms with E-state index in [2.05, 4.69) is 9.68 Å². The van der Waals surface area contributed by atoms with Gasteiger partial charge >= 0.3 is 6.18 Å². The van der Waals surface area contributed by atoms with Gasteiger partial charge in [-0.2, -0.15) is 17.5 Å².